The molecule has 0 saturated carbocycles. The lowest BCUT2D eigenvalue weighted by molar-refractivity contribution is -0.142. The van der Waals surface area contributed by atoms with E-state index in [-0.39, 0.29) is 11.9 Å². The van der Waals surface area contributed by atoms with Crippen LogP contribution in [0.5, 0.6) is 0 Å². The Balaban J connectivity index is 2.66. The van der Waals surface area contributed by atoms with E-state index in [9.17, 15) is 9.59 Å². The van der Waals surface area contributed by atoms with Gasteiger partial charge in [-0.1, -0.05) is 13.8 Å². The molecular formula is C9H16N2O3. The average Bonchev–Trinajstić information content (AvgIpc) is 2.46. The molecule has 1 rings (SSSR count). The van der Waals surface area contributed by atoms with Crippen molar-refractivity contribution >= 4 is 12.0 Å². The van der Waals surface area contributed by atoms with Crippen LogP contribution in [0.1, 0.15) is 20.3 Å². The summed E-state index contributed by atoms with van der Waals surface area (Å²) < 4.78 is 0. The minimum absolute atomic E-state index is 0.266. The van der Waals surface area contributed by atoms with E-state index in [0.717, 1.165) is 0 Å². The Bertz CT molecular complexity index is 240. The van der Waals surface area contributed by atoms with Crippen LogP contribution in [-0.2, 0) is 4.79 Å². The first-order valence-corrected chi connectivity index (χ1v) is 4.79. The molecule has 0 radical (unpaired) electrons. The number of rotatable bonds is 4. The van der Waals surface area contributed by atoms with Gasteiger partial charge in [0.05, 0.1) is 0 Å². The minimum Gasteiger partial charge on any atom is -0.480 e. The number of nitrogens with one attached hydrogen (secondary N) is 1. The minimum atomic E-state index is -0.921. The maximum absolute atomic E-state index is 11.3. The van der Waals surface area contributed by atoms with Crippen LogP contribution in [-0.4, -0.2) is 41.1 Å². The Labute approximate surface area is 83.1 Å². The highest BCUT2D eigenvalue weighted by molar-refractivity contribution is 5.83. The Morgan fingerprint density at radius 2 is 2.29 bits per heavy atom. The molecule has 1 saturated heterocycles. The molecule has 80 valence electrons. The van der Waals surface area contributed by atoms with Crippen LogP contribution < -0.4 is 5.32 Å². The summed E-state index contributed by atoms with van der Waals surface area (Å²) in [6, 6.07) is -0.949. The van der Waals surface area contributed by atoms with E-state index < -0.39 is 12.0 Å². The summed E-state index contributed by atoms with van der Waals surface area (Å²) in [5.74, 6) is -0.653. The van der Waals surface area contributed by atoms with Gasteiger partial charge in [0.2, 0.25) is 0 Å². The van der Waals surface area contributed by atoms with E-state index in [1.807, 2.05) is 13.8 Å². The van der Waals surface area contributed by atoms with Crippen LogP contribution in [0.2, 0.25) is 0 Å². The van der Waals surface area contributed by atoms with Crippen LogP contribution in [0.3, 0.4) is 0 Å². The molecular weight excluding hydrogens is 184 g/mol. The zero-order chi connectivity index (χ0) is 10.7. The monoisotopic (exact) mass is 200 g/mol. The van der Waals surface area contributed by atoms with Crippen LogP contribution in [0.25, 0.3) is 0 Å². The molecule has 5 nitrogen and oxygen atoms in total. The molecule has 0 spiro atoms. The Morgan fingerprint density at radius 3 is 2.64 bits per heavy atom. The lowest BCUT2D eigenvalue weighted by Gasteiger charge is -2.24. The summed E-state index contributed by atoms with van der Waals surface area (Å²) in [4.78, 5) is 23.6. The van der Waals surface area contributed by atoms with E-state index in [1.54, 1.807) is 0 Å². The van der Waals surface area contributed by atoms with Gasteiger partial charge in [-0.2, -0.15) is 0 Å². The summed E-state index contributed by atoms with van der Waals surface area (Å²) in [5.41, 5.74) is 0. The molecule has 1 atom stereocenters. The van der Waals surface area contributed by atoms with E-state index >= 15 is 0 Å². The summed E-state index contributed by atoms with van der Waals surface area (Å²) in [7, 11) is 0. The van der Waals surface area contributed by atoms with Gasteiger partial charge in [-0.3, -0.25) is 0 Å². The highest BCUT2D eigenvalue weighted by Crippen LogP contribution is 2.14. The number of carbonyl (C=O) groups excluding carboxylic acids is 1. The van der Waals surface area contributed by atoms with Gasteiger partial charge in [0.25, 0.3) is 0 Å². The highest BCUT2D eigenvalue weighted by Gasteiger charge is 2.32. The van der Waals surface area contributed by atoms with Gasteiger partial charge in [0.1, 0.15) is 6.04 Å². The molecule has 0 aliphatic carbocycles. The standard InChI is InChI=1S/C9H16N2O3/c1-6(2)5-7(8(12)13)11-4-3-10-9(11)14/h6-7H,3-5H2,1-2H3,(H,10,14)(H,12,13)/t7-/m1/s1. The molecule has 0 aromatic rings. The molecule has 14 heavy (non-hydrogen) atoms. The van der Waals surface area contributed by atoms with Crippen molar-refractivity contribution in [2.24, 2.45) is 5.92 Å². The van der Waals surface area contributed by atoms with Gasteiger partial charge < -0.3 is 15.3 Å². The Morgan fingerprint density at radius 1 is 1.64 bits per heavy atom. The quantitative estimate of drug-likeness (QED) is 0.694. The molecule has 5 heteroatoms. The predicted octanol–water partition coefficient (Wildman–Crippen LogP) is 0.511. The molecule has 0 bridgehead atoms. The summed E-state index contributed by atoms with van der Waals surface area (Å²) >= 11 is 0. The number of aliphatic carboxylic acids is 1. The fourth-order valence-electron chi connectivity index (χ4n) is 1.59. The second kappa shape index (κ2) is 4.30. The Hall–Kier alpha value is -1.26. The third-order valence-corrected chi connectivity index (χ3v) is 2.25. The average molecular weight is 200 g/mol. The Kier molecular flexibility index (Phi) is 3.33. The highest BCUT2D eigenvalue weighted by atomic mass is 16.4. The molecule has 1 aliphatic rings. The SMILES string of the molecule is CC(C)C[C@H](C(=O)O)N1CCNC1=O. The third-order valence-electron chi connectivity index (χ3n) is 2.25. The lowest BCUT2D eigenvalue weighted by Crippen LogP contribution is -2.43. The molecule has 1 heterocycles. The van der Waals surface area contributed by atoms with Crippen molar-refractivity contribution in [1.82, 2.24) is 10.2 Å². The molecule has 1 aliphatic heterocycles. The van der Waals surface area contributed by atoms with Crippen molar-refractivity contribution in [2.75, 3.05) is 13.1 Å². The van der Waals surface area contributed by atoms with Gasteiger partial charge in [-0.15, -0.1) is 0 Å². The van der Waals surface area contributed by atoms with E-state index in [4.69, 9.17) is 5.11 Å². The first-order valence-electron chi connectivity index (χ1n) is 4.79. The maximum Gasteiger partial charge on any atom is 0.326 e. The van der Waals surface area contributed by atoms with E-state index in [1.165, 1.54) is 4.90 Å². The first kappa shape index (κ1) is 10.8. The smallest absolute Gasteiger partial charge is 0.326 e. The second-order valence-electron chi connectivity index (χ2n) is 3.91. The van der Waals surface area contributed by atoms with Gasteiger partial charge in [0.15, 0.2) is 0 Å². The number of urea groups is 1. The van der Waals surface area contributed by atoms with Crippen LogP contribution in [0.4, 0.5) is 4.79 Å². The molecule has 2 N–H and O–H groups in total. The molecule has 2 amide bonds. The normalized spacial score (nSPS) is 18.5. The van der Waals surface area contributed by atoms with Crippen molar-refractivity contribution < 1.29 is 14.7 Å². The number of carbonyl (C=O) groups is 2. The number of carboxylic acid groups (broad SMARTS) is 1. The van der Waals surface area contributed by atoms with Crippen molar-refractivity contribution in [3.8, 4) is 0 Å². The largest absolute Gasteiger partial charge is 0.480 e. The number of nitrogens with zero attached hydrogens (tertiary/aromatic N) is 1. The van der Waals surface area contributed by atoms with E-state index in [2.05, 4.69) is 5.32 Å². The summed E-state index contributed by atoms with van der Waals surface area (Å²) in [6.45, 7) is 4.93. The van der Waals surface area contributed by atoms with E-state index in [0.29, 0.717) is 19.5 Å². The molecule has 0 aromatic carbocycles. The fraction of sp³-hybridized carbons (Fsp3) is 0.778. The number of amides is 2. The third kappa shape index (κ3) is 2.37. The van der Waals surface area contributed by atoms with Gasteiger partial charge in [-0.25, -0.2) is 9.59 Å². The van der Waals surface area contributed by atoms with Gasteiger partial charge in [-0.05, 0) is 12.3 Å². The fourth-order valence-corrected chi connectivity index (χ4v) is 1.59. The summed E-state index contributed by atoms with van der Waals surface area (Å²) in [5, 5.41) is 11.6. The van der Waals surface area contributed by atoms with Crippen molar-refractivity contribution in [2.45, 2.75) is 26.3 Å². The van der Waals surface area contributed by atoms with Crippen LogP contribution in [0.15, 0.2) is 0 Å². The molecule has 1 fully saturated rings. The lowest BCUT2D eigenvalue weighted by atomic mass is 10.0. The molecule has 0 aromatic heterocycles. The number of hydrogen-bond donors (Lipinski definition) is 2. The molecule has 0 unspecified atom stereocenters. The number of hydrogen-bond acceptors (Lipinski definition) is 2. The van der Waals surface area contributed by atoms with Crippen molar-refractivity contribution in [1.29, 1.82) is 0 Å². The van der Waals surface area contributed by atoms with Crippen molar-refractivity contribution in [3.05, 3.63) is 0 Å². The predicted molar refractivity (Wildman–Crippen MR) is 51.0 cm³/mol. The van der Waals surface area contributed by atoms with Crippen molar-refractivity contribution in [3.63, 3.8) is 0 Å². The second-order valence-corrected chi connectivity index (χ2v) is 3.91. The maximum atomic E-state index is 11.3. The van der Waals surface area contributed by atoms with Gasteiger partial charge in [0, 0.05) is 13.1 Å². The summed E-state index contributed by atoms with van der Waals surface area (Å²) in [6.07, 6.45) is 0.503. The zero-order valence-corrected chi connectivity index (χ0v) is 8.49. The topological polar surface area (TPSA) is 69.6 Å². The number of carboxylic acids is 1. The van der Waals surface area contributed by atoms with Crippen LogP contribution in [0, 0.1) is 5.92 Å². The van der Waals surface area contributed by atoms with Crippen LogP contribution >= 0.6 is 0 Å². The van der Waals surface area contributed by atoms with Gasteiger partial charge >= 0.3 is 12.0 Å². The first-order chi connectivity index (χ1) is 6.52. The zero-order valence-electron chi connectivity index (χ0n) is 8.49.